The van der Waals surface area contributed by atoms with Crippen molar-refractivity contribution in [3.63, 3.8) is 0 Å². The fourth-order valence-corrected chi connectivity index (χ4v) is 2.30. The summed E-state index contributed by atoms with van der Waals surface area (Å²) < 4.78 is 5.14. The van der Waals surface area contributed by atoms with Gasteiger partial charge in [0, 0.05) is 19.2 Å². The van der Waals surface area contributed by atoms with Gasteiger partial charge in [-0.3, -0.25) is 0 Å². The third kappa shape index (κ3) is 3.77. The number of rotatable bonds is 7. The summed E-state index contributed by atoms with van der Waals surface area (Å²) in [5.74, 6) is -0.702. The molecule has 1 rings (SSSR count). The number of methoxy groups -OCH3 is 1. The molecule has 106 valence electrons. The summed E-state index contributed by atoms with van der Waals surface area (Å²) in [6.45, 7) is 5.95. The molecule has 1 aromatic rings. The van der Waals surface area contributed by atoms with Crippen LogP contribution in [0.5, 0.6) is 5.75 Å². The zero-order chi connectivity index (χ0) is 14.4. The molecule has 0 radical (unpaired) electrons. The standard InChI is InChI=1S/C14H20ClNO3/c1-4-6-16(7-5-2)12-9-13(19-3)10(14(17)18)8-11(12)15/h8-9H,4-7H2,1-3H3,(H,17,18). The zero-order valence-corrected chi connectivity index (χ0v) is 12.3. The van der Waals surface area contributed by atoms with E-state index >= 15 is 0 Å². The maximum Gasteiger partial charge on any atom is 0.339 e. The van der Waals surface area contributed by atoms with Gasteiger partial charge in [0.15, 0.2) is 0 Å². The molecule has 0 aliphatic rings. The second-order valence-corrected chi connectivity index (χ2v) is 4.70. The SMILES string of the molecule is CCCN(CCC)c1cc(OC)c(C(=O)O)cc1Cl. The fraction of sp³-hybridized carbons (Fsp3) is 0.500. The molecule has 0 saturated carbocycles. The lowest BCUT2D eigenvalue weighted by Crippen LogP contribution is -2.25. The first kappa shape index (κ1) is 15.6. The van der Waals surface area contributed by atoms with Crippen LogP contribution in [0.25, 0.3) is 0 Å². The molecule has 0 aliphatic carbocycles. The second kappa shape index (κ2) is 7.24. The highest BCUT2D eigenvalue weighted by Crippen LogP contribution is 2.33. The van der Waals surface area contributed by atoms with E-state index in [0.717, 1.165) is 31.6 Å². The second-order valence-electron chi connectivity index (χ2n) is 4.30. The highest BCUT2D eigenvalue weighted by Gasteiger charge is 2.17. The molecule has 0 saturated heterocycles. The van der Waals surface area contributed by atoms with E-state index < -0.39 is 5.97 Å². The molecule has 0 aromatic heterocycles. The van der Waals surface area contributed by atoms with Crippen molar-refractivity contribution in [2.24, 2.45) is 0 Å². The van der Waals surface area contributed by atoms with E-state index in [-0.39, 0.29) is 5.56 Å². The number of hydrogen-bond acceptors (Lipinski definition) is 3. The molecule has 1 N–H and O–H groups in total. The van der Waals surface area contributed by atoms with Crippen molar-refractivity contribution in [2.75, 3.05) is 25.1 Å². The van der Waals surface area contributed by atoms with Gasteiger partial charge in [0.2, 0.25) is 0 Å². The van der Waals surface area contributed by atoms with Gasteiger partial charge in [0.05, 0.1) is 17.8 Å². The minimum Gasteiger partial charge on any atom is -0.496 e. The number of anilines is 1. The predicted octanol–water partition coefficient (Wildman–Crippen LogP) is 3.67. The Morgan fingerprint density at radius 2 is 1.89 bits per heavy atom. The molecule has 0 fully saturated rings. The summed E-state index contributed by atoms with van der Waals surface area (Å²) in [5, 5.41) is 9.55. The Balaban J connectivity index is 3.23. The fourth-order valence-electron chi connectivity index (χ4n) is 2.01. The van der Waals surface area contributed by atoms with Crippen LogP contribution in [-0.4, -0.2) is 31.3 Å². The Labute approximate surface area is 118 Å². The third-order valence-corrected chi connectivity index (χ3v) is 3.13. The van der Waals surface area contributed by atoms with E-state index in [1.54, 1.807) is 6.07 Å². The third-order valence-electron chi connectivity index (χ3n) is 2.83. The van der Waals surface area contributed by atoms with E-state index in [4.69, 9.17) is 21.4 Å². The average molecular weight is 286 g/mol. The molecule has 0 spiro atoms. The van der Waals surface area contributed by atoms with Crippen LogP contribution in [0.4, 0.5) is 5.69 Å². The molecule has 4 nitrogen and oxygen atoms in total. The van der Waals surface area contributed by atoms with Crippen LogP contribution in [0.1, 0.15) is 37.0 Å². The number of carboxylic acids is 1. The van der Waals surface area contributed by atoms with Crippen LogP contribution >= 0.6 is 11.6 Å². The Kier molecular flexibility index (Phi) is 5.96. The summed E-state index contributed by atoms with van der Waals surface area (Å²) in [6, 6.07) is 3.16. The zero-order valence-electron chi connectivity index (χ0n) is 11.6. The van der Waals surface area contributed by atoms with Crippen LogP contribution in [0.2, 0.25) is 5.02 Å². The van der Waals surface area contributed by atoms with E-state index in [9.17, 15) is 4.79 Å². The smallest absolute Gasteiger partial charge is 0.339 e. The van der Waals surface area contributed by atoms with Crippen LogP contribution in [0.15, 0.2) is 12.1 Å². The number of nitrogens with zero attached hydrogens (tertiary/aromatic N) is 1. The monoisotopic (exact) mass is 285 g/mol. The Morgan fingerprint density at radius 3 is 2.32 bits per heavy atom. The first-order valence-electron chi connectivity index (χ1n) is 6.40. The first-order valence-corrected chi connectivity index (χ1v) is 6.78. The number of carboxylic acid groups (broad SMARTS) is 1. The van der Waals surface area contributed by atoms with Crippen LogP contribution in [0.3, 0.4) is 0 Å². The predicted molar refractivity (Wildman–Crippen MR) is 77.8 cm³/mol. The molecule has 1 aromatic carbocycles. The van der Waals surface area contributed by atoms with E-state index in [1.165, 1.54) is 13.2 Å². The molecule has 0 heterocycles. The lowest BCUT2D eigenvalue weighted by molar-refractivity contribution is 0.0693. The van der Waals surface area contributed by atoms with E-state index in [2.05, 4.69) is 18.7 Å². The Bertz CT molecular complexity index is 443. The van der Waals surface area contributed by atoms with Crippen LogP contribution < -0.4 is 9.64 Å². The number of ether oxygens (including phenoxy) is 1. The van der Waals surface area contributed by atoms with Gasteiger partial charge in [-0.05, 0) is 18.9 Å². The Hall–Kier alpha value is -1.42. The largest absolute Gasteiger partial charge is 0.496 e. The highest BCUT2D eigenvalue weighted by atomic mass is 35.5. The van der Waals surface area contributed by atoms with Gasteiger partial charge < -0.3 is 14.7 Å². The normalized spacial score (nSPS) is 10.3. The molecule has 0 unspecified atom stereocenters. The summed E-state index contributed by atoms with van der Waals surface area (Å²) in [6.07, 6.45) is 2.00. The maximum atomic E-state index is 11.1. The van der Waals surface area contributed by atoms with Crippen molar-refractivity contribution < 1.29 is 14.6 Å². The lowest BCUT2D eigenvalue weighted by Gasteiger charge is -2.25. The number of aromatic carboxylic acids is 1. The maximum absolute atomic E-state index is 11.1. The molecule has 5 heteroatoms. The molecule has 0 amide bonds. The first-order chi connectivity index (χ1) is 9.04. The summed E-state index contributed by atoms with van der Waals surface area (Å²) in [7, 11) is 1.46. The molecule has 0 aliphatic heterocycles. The molecular weight excluding hydrogens is 266 g/mol. The van der Waals surface area contributed by atoms with Crippen molar-refractivity contribution in [3.8, 4) is 5.75 Å². The van der Waals surface area contributed by atoms with E-state index in [0.29, 0.717) is 10.8 Å². The van der Waals surface area contributed by atoms with Gasteiger partial charge >= 0.3 is 5.97 Å². The topological polar surface area (TPSA) is 49.8 Å². The van der Waals surface area contributed by atoms with Gasteiger partial charge in [0.25, 0.3) is 0 Å². The van der Waals surface area contributed by atoms with Gasteiger partial charge in [-0.1, -0.05) is 25.4 Å². The summed E-state index contributed by atoms with van der Waals surface area (Å²) in [5.41, 5.74) is 0.913. The number of halogens is 1. The number of benzene rings is 1. The van der Waals surface area contributed by atoms with Crippen molar-refractivity contribution in [1.29, 1.82) is 0 Å². The Morgan fingerprint density at radius 1 is 1.32 bits per heavy atom. The molecule has 19 heavy (non-hydrogen) atoms. The number of carbonyl (C=O) groups is 1. The van der Waals surface area contributed by atoms with Crippen LogP contribution in [0, 0.1) is 0 Å². The summed E-state index contributed by atoms with van der Waals surface area (Å²) in [4.78, 5) is 13.3. The minimum absolute atomic E-state index is 0.0872. The van der Waals surface area contributed by atoms with Gasteiger partial charge in [-0.2, -0.15) is 0 Å². The molecular formula is C14H20ClNO3. The molecule has 0 bridgehead atoms. The van der Waals surface area contributed by atoms with Crippen molar-refractivity contribution >= 4 is 23.3 Å². The van der Waals surface area contributed by atoms with Gasteiger partial charge in [0.1, 0.15) is 11.3 Å². The van der Waals surface area contributed by atoms with Crippen LogP contribution in [-0.2, 0) is 0 Å². The quantitative estimate of drug-likeness (QED) is 0.830. The molecule has 0 atom stereocenters. The van der Waals surface area contributed by atoms with E-state index in [1.807, 2.05) is 0 Å². The minimum atomic E-state index is -1.04. The average Bonchev–Trinajstić information content (AvgIpc) is 2.38. The van der Waals surface area contributed by atoms with Crippen molar-refractivity contribution in [2.45, 2.75) is 26.7 Å². The van der Waals surface area contributed by atoms with Gasteiger partial charge in [-0.15, -0.1) is 0 Å². The number of hydrogen-bond donors (Lipinski definition) is 1. The van der Waals surface area contributed by atoms with Gasteiger partial charge in [-0.25, -0.2) is 4.79 Å². The highest BCUT2D eigenvalue weighted by molar-refractivity contribution is 6.33. The van der Waals surface area contributed by atoms with Crippen molar-refractivity contribution in [1.82, 2.24) is 0 Å². The van der Waals surface area contributed by atoms with Crippen molar-refractivity contribution in [3.05, 3.63) is 22.7 Å². The summed E-state index contributed by atoms with van der Waals surface area (Å²) >= 11 is 6.21. The lowest BCUT2D eigenvalue weighted by atomic mass is 10.1.